The summed E-state index contributed by atoms with van der Waals surface area (Å²) in [5.74, 6) is 0.502. The molecule has 1 aromatic carbocycles. The Bertz CT molecular complexity index is 436. The molecule has 0 spiro atoms. The van der Waals surface area contributed by atoms with Crippen molar-refractivity contribution in [3.8, 4) is 5.75 Å². The lowest BCUT2D eigenvalue weighted by molar-refractivity contribution is -0.124. The van der Waals surface area contributed by atoms with Gasteiger partial charge in [-0.3, -0.25) is 4.79 Å². The highest BCUT2D eigenvalue weighted by Crippen LogP contribution is 2.28. The standard InChI is InChI=1S/C16H23NO3/c1-2-13-5-7-14(8-6-13)20-11-15(18)17-12-16(19)9-3-4-10-16/h5-8,19H,2-4,9-12H2,1H3,(H,17,18). The fourth-order valence-electron chi connectivity index (χ4n) is 2.49. The van der Waals surface area contributed by atoms with E-state index in [1.807, 2.05) is 24.3 Å². The first-order valence-corrected chi connectivity index (χ1v) is 7.32. The van der Waals surface area contributed by atoms with E-state index in [0.717, 1.165) is 32.1 Å². The maximum Gasteiger partial charge on any atom is 0.258 e. The van der Waals surface area contributed by atoms with Gasteiger partial charge in [0.15, 0.2) is 6.61 Å². The Morgan fingerprint density at radius 3 is 2.55 bits per heavy atom. The van der Waals surface area contributed by atoms with E-state index in [1.165, 1.54) is 5.56 Å². The van der Waals surface area contributed by atoms with Gasteiger partial charge in [-0.1, -0.05) is 31.9 Å². The molecule has 1 aromatic rings. The minimum Gasteiger partial charge on any atom is -0.484 e. The van der Waals surface area contributed by atoms with E-state index < -0.39 is 5.60 Å². The van der Waals surface area contributed by atoms with Crippen LogP contribution < -0.4 is 10.1 Å². The topological polar surface area (TPSA) is 58.6 Å². The molecule has 1 aliphatic rings. The summed E-state index contributed by atoms with van der Waals surface area (Å²) in [7, 11) is 0. The molecule has 0 unspecified atom stereocenters. The Balaban J connectivity index is 1.71. The molecule has 4 heteroatoms. The van der Waals surface area contributed by atoms with Crippen molar-refractivity contribution in [2.75, 3.05) is 13.2 Å². The van der Waals surface area contributed by atoms with Crippen molar-refractivity contribution in [1.82, 2.24) is 5.32 Å². The third kappa shape index (κ3) is 4.23. The third-order valence-corrected chi connectivity index (χ3v) is 3.85. The number of carbonyl (C=O) groups is 1. The van der Waals surface area contributed by atoms with Crippen LogP contribution in [0.2, 0.25) is 0 Å². The Labute approximate surface area is 120 Å². The first kappa shape index (κ1) is 14.9. The number of ether oxygens (including phenoxy) is 1. The van der Waals surface area contributed by atoms with Crippen molar-refractivity contribution in [2.24, 2.45) is 0 Å². The molecule has 2 N–H and O–H groups in total. The zero-order valence-electron chi connectivity index (χ0n) is 12.0. The Kier molecular flexibility index (Phi) is 5.01. The minimum atomic E-state index is -0.710. The fourth-order valence-corrected chi connectivity index (χ4v) is 2.49. The lowest BCUT2D eigenvalue weighted by atomic mass is 10.0. The fraction of sp³-hybridized carbons (Fsp3) is 0.562. The van der Waals surface area contributed by atoms with Gasteiger partial charge in [0, 0.05) is 6.54 Å². The Hall–Kier alpha value is -1.55. The van der Waals surface area contributed by atoms with Gasteiger partial charge in [0.1, 0.15) is 5.75 Å². The maximum absolute atomic E-state index is 11.7. The zero-order chi connectivity index (χ0) is 14.4. The summed E-state index contributed by atoms with van der Waals surface area (Å²) < 4.78 is 5.42. The van der Waals surface area contributed by atoms with Gasteiger partial charge in [-0.2, -0.15) is 0 Å². The van der Waals surface area contributed by atoms with E-state index in [9.17, 15) is 9.90 Å². The number of aliphatic hydroxyl groups is 1. The molecule has 110 valence electrons. The molecule has 2 rings (SSSR count). The van der Waals surface area contributed by atoms with Crippen LogP contribution in [-0.4, -0.2) is 29.8 Å². The monoisotopic (exact) mass is 277 g/mol. The molecular weight excluding hydrogens is 254 g/mol. The number of hydrogen-bond acceptors (Lipinski definition) is 3. The number of nitrogens with one attached hydrogen (secondary N) is 1. The molecular formula is C16H23NO3. The zero-order valence-corrected chi connectivity index (χ0v) is 12.0. The molecule has 0 heterocycles. The van der Waals surface area contributed by atoms with Gasteiger partial charge in [0.2, 0.25) is 0 Å². The highest BCUT2D eigenvalue weighted by atomic mass is 16.5. The van der Waals surface area contributed by atoms with Crippen molar-refractivity contribution in [3.05, 3.63) is 29.8 Å². The average molecular weight is 277 g/mol. The second-order valence-electron chi connectivity index (χ2n) is 5.49. The van der Waals surface area contributed by atoms with E-state index in [1.54, 1.807) is 0 Å². The third-order valence-electron chi connectivity index (χ3n) is 3.85. The summed E-state index contributed by atoms with van der Waals surface area (Å²) in [5.41, 5.74) is 0.531. The molecule has 0 aliphatic heterocycles. The first-order valence-electron chi connectivity index (χ1n) is 7.32. The van der Waals surface area contributed by atoms with Gasteiger partial charge in [-0.15, -0.1) is 0 Å². The molecule has 1 amide bonds. The molecule has 20 heavy (non-hydrogen) atoms. The van der Waals surface area contributed by atoms with Crippen LogP contribution in [0.25, 0.3) is 0 Å². The van der Waals surface area contributed by atoms with Crippen LogP contribution >= 0.6 is 0 Å². The second kappa shape index (κ2) is 6.75. The van der Waals surface area contributed by atoms with Crippen LogP contribution in [0.15, 0.2) is 24.3 Å². The molecule has 4 nitrogen and oxygen atoms in total. The molecule has 1 saturated carbocycles. The van der Waals surface area contributed by atoms with Gasteiger partial charge in [-0.05, 0) is 37.0 Å². The lowest BCUT2D eigenvalue weighted by Crippen LogP contribution is -2.42. The Morgan fingerprint density at radius 2 is 1.95 bits per heavy atom. The van der Waals surface area contributed by atoms with Crippen molar-refractivity contribution in [2.45, 2.75) is 44.6 Å². The van der Waals surface area contributed by atoms with Crippen LogP contribution in [0.4, 0.5) is 0 Å². The van der Waals surface area contributed by atoms with E-state index in [2.05, 4.69) is 12.2 Å². The van der Waals surface area contributed by atoms with Crippen LogP contribution in [-0.2, 0) is 11.2 Å². The predicted octanol–water partition coefficient (Wildman–Crippen LogP) is 2.05. The van der Waals surface area contributed by atoms with E-state index in [0.29, 0.717) is 12.3 Å². The van der Waals surface area contributed by atoms with Gasteiger partial charge in [0.25, 0.3) is 5.91 Å². The van der Waals surface area contributed by atoms with Crippen LogP contribution in [0.1, 0.15) is 38.2 Å². The highest BCUT2D eigenvalue weighted by Gasteiger charge is 2.31. The molecule has 0 bridgehead atoms. The number of aryl methyl sites for hydroxylation is 1. The van der Waals surface area contributed by atoms with Crippen LogP contribution in [0.3, 0.4) is 0 Å². The smallest absolute Gasteiger partial charge is 0.258 e. The SMILES string of the molecule is CCc1ccc(OCC(=O)NCC2(O)CCCC2)cc1. The number of amides is 1. The van der Waals surface area contributed by atoms with Crippen LogP contribution in [0.5, 0.6) is 5.75 Å². The number of benzene rings is 1. The highest BCUT2D eigenvalue weighted by molar-refractivity contribution is 5.77. The predicted molar refractivity (Wildman–Crippen MR) is 77.7 cm³/mol. The summed E-state index contributed by atoms with van der Waals surface area (Å²) in [6.45, 7) is 2.41. The lowest BCUT2D eigenvalue weighted by Gasteiger charge is -2.22. The molecule has 0 atom stereocenters. The molecule has 1 aliphatic carbocycles. The van der Waals surface area contributed by atoms with E-state index >= 15 is 0 Å². The number of hydrogen-bond donors (Lipinski definition) is 2. The molecule has 0 aromatic heterocycles. The van der Waals surface area contributed by atoms with Gasteiger partial charge >= 0.3 is 0 Å². The maximum atomic E-state index is 11.7. The summed E-state index contributed by atoms with van der Waals surface area (Å²) >= 11 is 0. The van der Waals surface area contributed by atoms with Gasteiger partial charge in [-0.25, -0.2) is 0 Å². The minimum absolute atomic E-state index is 0.0123. The number of carbonyl (C=O) groups excluding carboxylic acids is 1. The van der Waals surface area contributed by atoms with Crippen molar-refractivity contribution in [3.63, 3.8) is 0 Å². The van der Waals surface area contributed by atoms with E-state index in [-0.39, 0.29) is 12.5 Å². The second-order valence-corrected chi connectivity index (χ2v) is 5.49. The van der Waals surface area contributed by atoms with Gasteiger partial charge < -0.3 is 15.2 Å². The summed E-state index contributed by atoms with van der Waals surface area (Å²) in [5, 5.41) is 12.9. The summed E-state index contributed by atoms with van der Waals surface area (Å²) in [6.07, 6.45) is 4.60. The van der Waals surface area contributed by atoms with Crippen LogP contribution in [0, 0.1) is 0 Å². The quantitative estimate of drug-likeness (QED) is 0.836. The van der Waals surface area contributed by atoms with E-state index in [4.69, 9.17) is 4.74 Å². The summed E-state index contributed by atoms with van der Waals surface area (Å²) in [4.78, 5) is 11.7. The Morgan fingerprint density at radius 1 is 1.30 bits per heavy atom. The van der Waals surface area contributed by atoms with Crippen molar-refractivity contribution in [1.29, 1.82) is 0 Å². The molecule has 0 radical (unpaired) electrons. The first-order chi connectivity index (χ1) is 9.61. The molecule has 1 fully saturated rings. The molecule has 0 saturated heterocycles. The summed E-state index contributed by atoms with van der Waals surface area (Å²) in [6, 6.07) is 7.73. The van der Waals surface area contributed by atoms with Crippen molar-refractivity contribution >= 4 is 5.91 Å². The van der Waals surface area contributed by atoms with Gasteiger partial charge in [0.05, 0.1) is 5.60 Å². The normalized spacial score (nSPS) is 16.9. The average Bonchev–Trinajstić information content (AvgIpc) is 2.91. The number of rotatable bonds is 6. The van der Waals surface area contributed by atoms with Crippen molar-refractivity contribution < 1.29 is 14.6 Å². The largest absolute Gasteiger partial charge is 0.484 e.